The Morgan fingerprint density at radius 1 is 1.24 bits per heavy atom. The molecule has 1 aliphatic carbocycles. The van der Waals surface area contributed by atoms with E-state index >= 15 is 0 Å². The van der Waals surface area contributed by atoms with Crippen LogP contribution in [0.3, 0.4) is 0 Å². The van der Waals surface area contributed by atoms with Crippen LogP contribution in [-0.4, -0.2) is 47.4 Å². The third-order valence-corrected chi connectivity index (χ3v) is 6.06. The molecule has 0 saturated carbocycles. The molecule has 4 aliphatic rings. The fraction of sp³-hybridized carbons (Fsp3) is 0.824. The van der Waals surface area contributed by atoms with E-state index in [1.54, 1.807) is 12.5 Å². The van der Waals surface area contributed by atoms with Crippen LogP contribution in [0.4, 0.5) is 0 Å². The van der Waals surface area contributed by atoms with Gasteiger partial charge < -0.3 is 4.90 Å². The van der Waals surface area contributed by atoms with Gasteiger partial charge in [0.25, 0.3) is 0 Å². The van der Waals surface area contributed by atoms with Crippen molar-refractivity contribution in [2.75, 3.05) is 19.6 Å². The molecule has 0 aromatic carbocycles. The summed E-state index contributed by atoms with van der Waals surface area (Å²) in [4.78, 5) is 16.9. The Morgan fingerprint density at radius 2 is 2.10 bits per heavy atom. The highest BCUT2D eigenvalue weighted by Gasteiger charge is 2.46. The smallest absolute Gasteiger partial charge is 0.219 e. The standard InChI is InChI=1S/C17H26N2O.ClH/c1-12(20)19-8-4-5-13-9-14-10-15(17(13)19)11-18-7-3-2-6-16(14)18;/h9,14-17H,2-8,10-11H2,1H3;1H/t14?,15?,16-,17-;/m1./s1. The third-order valence-electron chi connectivity index (χ3n) is 6.06. The minimum atomic E-state index is 0. The highest BCUT2D eigenvalue weighted by molar-refractivity contribution is 5.85. The van der Waals surface area contributed by atoms with Crippen molar-refractivity contribution in [1.82, 2.24) is 9.80 Å². The molecule has 3 nitrogen and oxygen atoms in total. The van der Waals surface area contributed by atoms with E-state index in [4.69, 9.17) is 0 Å². The number of hydrogen-bond acceptors (Lipinski definition) is 2. The summed E-state index contributed by atoms with van der Waals surface area (Å²) in [6.45, 7) is 5.24. The van der Waals surface area contributed by atoms with Crippen LogP contribution < -0.4 is 0 Å². The van der Waals surface area contributed by atoms with E-state index in [9.17, 15) is 4.79 Å². The average Bonchev–Trinajstić information content (AvgIpc) is 2.46. The third kappa shape index (κ3) is 2.53. The number of likely N-dealkylation sites (tertiary alicyclic amines) is 1. The minimum Gasteiger partial charge on any atom is -0.336 e. The first-order valence-corrected chi connectivity index (χ1v) is 8.46. The molecule has 3 heterocycles. The van der Waals surface area contributed by atoms with Crippen molar-refractivity contribution in [3.05, 3.63) is 11.6 Å². The van der Waals surface area contributed by atoms with Crippen LogP contribution in [-0.2, 0) is 4.79 Å². The predicted octanol–water partition coefficient (Wildman–Crippen LogP) is 2.85. The molecule has 0 spiro atoms. The van der Waals surface area contributed by atoms with E-state index in [-0.39, 0.29) is 18.3 Å². The molecule has 4 rings (SSSR count). The van der Waals surface area contributed by atoms with Gasteiger partial charge in [0.15, 0.2) is 0 Å². The lowest BCUT2D eigenvalue weighted by atomic mass is 9.68. The van der Waals surface area contributed by atoms with Crippen molar-refractivity contribution >= 4 is 18.3 Å². The lowest BCUT2D eigenvalue weighted by Crippen LogP contribution is -2.59. The first kappa shape index (κ1) is 15.4. The maximum atomic E-state index is 12.0. The molecule has 3 aliphatic heterocycles. The van der Waals surface area contributed by atoms with Crippen LogP contribution in [0.25, 0.3) is 0 Å². The normalized spacial score (nSPS) is 38.7. The quantitative estimate of drug-likeness (QED) is 0.642. The predicted molar refractivity (Wildman–Crippen MR) is 86.5 cm³/mol. The van der Waals surface area contributed by atoms with Crippen LogP contribution in [0.1, 0.15) is 45.4 Å². The summed E-state index contributed by atoms with van der Waals surface area (Å²) in [6.07, 6.45) is 10.5. The maximum absolute atomic E-state index is 12.0. The highest BCUT2D eigenvalue weighted by atomic mass is 35.5. The monoisotopic (exact) mass is 310 g/mol. The maximum Gasteiger partial charge on any atom is 0.219 e. The van der Waals surface area contributed by atoms with Crippen molar-refractivity contribution in [1.29, 1.82) is 0 Å². The van der Waals surface area contributed by atoms with Crippen LogP contribution in [0.15, 0.2) is 11.6 Å². The van der Waals surface area contributed by atoms with E-state index in [1.807, 2.05) is 0 Å². The second-order valence-corrected chi connectivity index (χ2v) is 7.22. The molecule has 2 bridgehead atoms. The van der Waals surface area contributed by atoms with Crippen molar-refractivity contribution in [3.8, 4) is 0 Å². The van der Waals surface area contributed by atoms with E-state index in [0.29, 0.717) is 12.0 Å². The van der Waals surface area contributed by atoms with Gasteiger partial charge in [0, 0.05) is 26.1 Å². The number of rotatable bonds is 0. The van der Waals surface area contributed by atoms with Crippen LogP contribution in [0.2, 0.25) is 0 Å². The Bertz CT molecular complexity index is 450. The second-order valence-electron chi connectivity index (χ2n) is 7.22. The molecule has 0 radical (unpaired) electrons. The first-order valence-electron chi connectivity index (χ1n) is 8.46. The van der Waals surface area contributed by atoms with Crippen molar-refractivity contribution < 1.29 is 4.79 Å². The first-order chi connectivity index (χ1) is 9.74. The van der Waals surface area contributed by atoms with Gasteiger partial charge in [-0.3, -0.25) is 9.69 Å². The molecule has 118 valence electrons. The number of nitrogens with zero attached hydrogens (tertiary/aromatic N) is 2. The zero-order valence-corrected chi connectivity index (χ0v) is 13.8. The van der Waals surface area contributed by atoms with Gasteiger partial charge in [0.2, 0.25) is 5.91 Å². The molecule has 0 aromatic rings. The largest absolute Gasteiger partial charge is 0.336 e. The highest BCUT2D eigenvalue weighted by Crippen LogP contribution is 2.44. The molecule has 4 heteroatoms. The summed E-state index contributed by atoms with van der Waals surface area (Å²) < 4.78 is 0. The van der Waals surface area contributed by atoms with E-state index in [2.05, 4.69) is 15.9 Å². The van der Waals surface area contributed by atoms with E-state index in [1.165, 1.54) is 45.2 Å². The number of amides is 1. The van der Waals surface area contributed by atoms with Gasteiger partial charge in [-0.15, -0.1) is 12.4 Å². The molecular weight excluding hydrogens is 284 g/mol. The SMILES string of the molecule is CC(=O)N1CCCC2=CC3CC(CN4CCCC[C@H]34)[C@@H]21.Cl. The average molecular weight is 311 g/mol. The van der Waals surface area contributed by atoms with Crippen molar-refractivity contribution in [2.24, 2.45) is 11.8 Å². The molecule has 0 aromatic heterocycles. The van der Waals surface area contributed by atoms with Gasteiger partial charge >= 0.3 is 0 Å². The van der Waals surface area contributed by atoms with Gasteiger partial charge in [-0.25, -0.2) is 0 Å². The number of fused-ring (bicyclic) bond motifs is 6. The number of carbonyl (C=O) groups excluding carboxylic acids is 1. The number of carbonyl (C=O) groups is 1. The van der Waals surface area contributed by atoms with Gasteiger partial charge in [0.05, 0.1) is 6.04 Å². The Hall–Kier alpha value is -0.540. The zero-order chi connectivity index (χ0) is 13.7. The summed E-state index contributed by atoms with van der Waals surface area (Å²) in [5.41, 5.74) is 1.60. The van der Waals surface area contributed by atoms with Crippen molar-refractivity contribution in [3.63, 3.8) is 0 Å². The Balaban J connectivity index is 0.00000132. The molecule has 3 fully saturated rings. The number of hydrogen-bond donors (Lipinski definition) is 0. The van der Waals surface area contributed by atoms with Gasteiger partial charge in [-0.2, -0.15) is 0 Å². The molecule has 2 unspecified atom stereocenters. The summed E-state index contributed by atoms with van der Waals surface area (Å²) in [6, 6.07) is 1.24. The Labute approximate surface area is 134 Å². The Morgan fingerprint density at radius 3 is 2.90 bits per heavy atom. The summed E-state index contributed by atoms with van der Waals surface area (Å²) in [5.74, 6) is 1.74. The van der Waals surface area contributed by atoms with Crippen LogP contribution >= 0.6 is 12.4 Å². The summed E-state index contributed by atoms with van der Waals surface area (Å²) in [5, 5.41) is 0. The summed E-state index contributed by atoms with van der Waals surface area (Å²) in [7, 11) is 0. The van der Waals surface area contributed by atoms with Crippen LogP contribution in [0, 0.1) is 11.8 Å². The second kappa shape index (κ2) is 5.92. The Kier molecular flexibility index (Phi) is 4.33. The molecule has 0 N–H and O–H groups in total. The van der Waals surface area contributed by atoms with Gasteiger partial charge in [0.1, 0.15) is 0 Å². The molecule has 4 atom stereocenters. The van der Waals surface area contributed by atoms with Crippen LogP contribution in [0.5, 0.6) is 0 Å². The molecular formula is C17H27ClN2O. The molecule has 1 amide bonds. The topological polar surface area (TPSA) is 23.6 Å². The van der Waals surface area contributed by atoms with Gasteiger partial charge in [-0.05, 0) is 50.5 Å². The fourth-order valence-corrected chi connectivity index (χ4v) is 5.33. The zero-order valence-electron chi connectivity index (χ0n) is 13.0. The molecule has 3 saturated heterocycles. The van der Waals surface area contributed by atoms with Crippen molar-refractivity contribution in [2.45, 2.75) is 57.5 Å². The minimum absolute atomic E-state index is 0. The lowest BCUT2D eigenvalue weighted by Gasteiger charge is -2.54. The lowest BCUT2D eigenvalue weighted by molar-refractivity contribution is -0.133. The van der Waals surface area contributed by atoms with Gasteiger partial charge in [-0.1, -0.05) is 18.1 Å². The van der Waals surface area contributed by atoms with E-state index < -0.39 is 0 Å². The number of piperidine rings is 3. The fourth-order valence-electron chi connectivity index (χ4n) is 5.33. The molecule has 21 heavy (non-hydrogen) atoms. The summed E-state index contributed by atoms with van der Waals surface area (Å²) >= 11 is 0. The van der Waals surface area contributed by atoms with E-state index in [0.717, 1.165) is 24.9 Å². The number of halogens is 1.